The standard InChI is InChI=1S/C14H16BrN3O3/c1-8(15)7-12(13(16)20)18-14(21)10-5-3-4-6-11(10)17-9(2)19/h3-6,12H,1,7H2,2H3,(H2,16,20)(H,17,19)(H,18,21)/t12-/m1/s1. The lowest BCUT2D eigenvalue weighted by molar-refractivity contribution is -0.119. The lowest BCUT2D eigenvalue weighted by Crippen LogP contribution is -2.44. The number of anilines is 1. The van der Waals surface area contributed by atoms with Crippen LogP contribution in [-0.4, -0.2) is 23.8 Å². The fourth-order valence-corrected chi connectivity index (χ4v) is 1.98. The van der Waals surface area contributed by atoms with E-state index in [1.54, 1.807) is 24.3 Å². The van der Waals surface area contributed by atoms with Crippen molar-refractivity contribution in [2.75, 3.05) is 5.32 Å². The molecule has 0 spiro atoms. The van der Waals surface area contributed by atoms with Gasteiger partial charge < -0.3 is 16.4 Å². The molecule has 0 radical (unpaired) electrons. The van der Waals surface area contributed by atoms with Crippen molar-refractivity contribution in [1.29, 1.82) is 0 Å². The predicted octanol–water partition coefficient (Wildman–Crippen LogP) is 1.53. The van der Waals surface area contributed by atoms with E-state index < -0.39 is 17.9 Å². The molecule has 6 nitrogen and oxygen atoms in total. The first-order valence-corrected chi connectivity index (χ1v) is 6.90. The van der Waals surface area contributed by atoms with Crippen LogP contribution in [0.1, 0.15) is 23.7 Å². The average molecular weight is 354 g/mol. The van der Waals surface area contributed by atoms with Gasteiger partial charge in [0.05, 0.1) is 11.3 Å². The van der Waals surface area contributed by atoms with Crippen molar-refractivity contribution in [2.24, 2.45) is 5.73 Å². The van der Waals surface area contributed by atoms with Crippen molar-refractivity contribution < 1.29 is 14.4 Å². The maximum atomic E-state index is 12.2. The largest absolute Gasteiger partial charge is 0.368 e. The van der Waals surface area contributed by atoms with E-state index in [0.29, 0.717) is 10.2 Å². The molecule has 1 atom stereocenters. The Morgan fingerprint density at radius 3 is 2.48 bits per heavy atom. The number of nitrogens with two attached hydrogens (primary N) is 1. The van der Waals surface area contributed by atoms with Crippen molar-refractivity contribution in [2.45, 2.75) is 19.4 Å². The van der Waals surface area contributed by atoms with Crippen molar-refractivity contribution in [3.63, 3.8) is 0 Å². The summed E-state index contributed by atoms with van der Waals surface area (Å²) in [5.41, 5.74) is 5.86. The Bertz CT molecular complexity index is 587. The van der Waals surface area contributed by atoms with Crippen LogP contribution in [0.4, 0.5) is 5.69 Å². The van der Waals surface area contributed by atoms with Crippen LogP contribution in [0.3, 0.4) is 0 Å². The predicted molar refractivity (Wildman–Crippen MR) is 83.9 cm³/mol. The molecule has 0 aromatic heterocycles. The summed E-state index contributed by atoms with van der Waals surface area (Å²) in [6, 6.07) is 5.60. The van der Waals surface area contributed by atoms with Gasteiger partial charge in [0.15, 0.2) is 0 Å². The first-order valence-electron chi connectivity index (χ1n) is 6.11. The molecule has 0 bridgehead atoms. The molecule has 3 amide bonds. The number of nitrogens with one attached hydrogen (secondary N) is 2. The first kappa shape index (κ1) is 16.9. The Kier molecular flexibility index (Phi) is 6.10. The van der Waals surface area contributed by atoms with E-state index >= 15 is 0 Å². The summed E-state index contributed by atoms with van der Waals surface area (Å²) in [4.78, 5) is 34.7. The fourth-order valence-electron chi connectivity index (χ4n) is 1.66. The molecule has 0 unspecified atom stereocenters. The summed E-state index contributed by atoms with van der Waals surface area (Å²) in [5, 5.41) is 5.08. The third-order valence-corrected chi connectivity index (χ3v) is 2.88. The van der Waals surface area contributed by atoms with Gasteiger partial charge in [-0.15, -0.1) is 0 Å². The first-order chi connectivity index (χ1) is 9.81. The topological polar surface area (TPSA) is 101 Å². The molecule has 112 valence electrons. The van der Waals surface area contributed by atoms with E-state index in [1.807, 2.05) is 0 Å². The molecule has 0 saturated carbocycles. The number of amides is 3. The zero-order valence-electron chi connectivity index (χ0n) is 11.5. The Labute approximate surface area is 130 Å². The summed E-state index contributed by atoms with van der Waals surface area (Å²) >= 11 is 3.13. The monoisotopic (exact) mass is 353 g/mol. The molecular weight excluding hydrogens is 338 g/mol. The molecule has 1 aromatic carbocycles. The van der Waals surface area contributed by atoms with Crippen LogP contribution in [0.15, 0.2) is 35.3 Å². The van der Waals surface area contributed by atoms with Crippen LogP contribution >= 0.6 is 15.9 Å². The number of halogens is 1. The molecule has 1 rings (SSSR count). The molecule has 7 heteroatoms. The molecule has 0 aliphatic carbocycles. The summed E-state index contributed by atoms with van der Waals surface area (Å²) in [6.45, 7) is 4.96. The molecular formula is C14H16BrN3O3. The van der Waals surface area contributed by atoms with Gasteiger partial charge in [-0.25, -0.2) is 0 Å². The average Bonchev–Trinajstić information content (AvgIpc) is 2.37. The zero-order chi connectivity index (χ0) is 16.0. The van der Waals surface area contributed by atoms with E-state index in [-0.39, 0.29) is 17.9 Å². The number of hydrogen-bond acceptors (Lipinski definition) is 3. The van der Waals surface area contributed by atoms with Crippen LogP contribution in [0.2, 0.25) is 0 Å². The summed E-state index contributed by atoms with van der Waals surface area (Å²) in [5.74, 6) is -1.46. The maximum Gasteiger partial charge on any atom is 0.254 e. The van der Waals surface area contributed by atoms with E-state index in [0.717, 1.165) is 0 Å². The normalized spacial score (nSPS) is 11.3. The molecule has 1 aromatic rings. The molecule has 0 aliphatic heterocycles. The van der Waals surface area contributed by atoms with E-state index in [1.165, 1.54) is 6.92 Å². The second-order valence-corrected chi connectivity index (χ2v) is 5.50. The minimum atomic E-state index is -0.880. The van der Waals surface area contributed by atoms with E-state index in [2.05, 4.69) is 33.1 Å². The number of rotatable bonds is 6. The Morgan fingerprint density at radius 1 is 1.33 bits per heavy atom. The Morgan fingerprint density at radius 2 is 1.95 bits per heavy atom. The molecule has 21 heavy (non-hydrogen) atoms. The summed E-state index contributed by atoms with van der Waals surface area (Å²) in [6.07, 6.45) is 0.184. The van der Waals surface area contributed by atoms with Crippen LogP contribution in [0.5, 0.6) is 0 Å². The van der Waals surface area contributed by atoms with Gasteiger partial charge >= 0.3 is 0 Å². The minimum absolute atomic E-state index is 0.184. The van der Waals surface area contributed by atoms with E-state index in [4.69, 9.17) is 5.73 Å². The number of carbonyl (C=O) groups excluding carboxylic acids is 3. The van der Waals surface area contributed by atoms with Crippen molar-refractivity contribution in [3.8, 4) is 0 Å². The van der Waals surface area contributed by atoms with Gasteiger partial charge in [-0.1, -0.05) is 34.6 Å². The quantitative estimate of drug-likeness (QED) is 0.722. The number of carbonyl (C=O) groups is 3. The lowest BCUT2D eigenvalue weighted by Gasteiger charge is -2.16. The highest BCUT2D eigenvalue weighted by atomic mass is 79.9. The van der Waals surface area contributed by atoms with Gasteiger partial charge in [0, 0.05) is 13.3 Å². The second kappa shape index (κ2) is 7.58. The molecule has 4 N–H and O–H groups in total. The highest BCUT2D eigenvalue weighted by Gasteiger charge is 2.21. The third-order valence-electron chi connectivity index (χ3n) is 2.56. The minimum Gasteiger partial charge on any atom is -0.368 e. The SMILES string of the molecule is C=C(Br)C[C@@H](NC(=O)c1ccccc1NC(C)=O)C(N)=O. The van der Waals surface area contributed by atoms with Crippen molar-refractivity contribution in [3.05, 3.63) is 40.9 Å². The van der Waals surface area contributed by atoms with E-state index in [9.17, 15) is 14.4 Å². The Hall–Kier alpha value is -2.15. The molecule has 0 aliphatic rings. The summed E-state index contributed by atoms with van der Waals surface area (Å²) < 4.78 is 0.543. The van der Waals surface area contributed by atoms with Crippen LogP contribution in [0.25, 0.3) is 0 Å². The van der Waals surface area contributed by atoms with Gasteiger partial charge in [0.1, 0.15) is 6.04 Å². The van der Waals surface area contributed by atoms with Crippen LogP contribution < -0.4 is 16.4 Å². The zero-order valence-corrected chi connectivity index (χ0v) is 13.1. The second-order valence-electron chi connectivity index (χ2n) is 4.38. The van der Waals surface area contributed by atoms with Gasteiger partial charge in [0.2, 0.25) is 11.8 Å². The maximum absolute atomic E-state index is 12.2. The summed E-state index contributed by atoms with van der Waals surface area (Å²) in [7, 11) is 0. The lowest BCUT2D eigenvalue weighted by atomic mass is 10.1. The molecule has 0 fully saturated rings. The number of hydrogen-bond donors (Lipinski definition) is 3. The number of primary amides is 1. The van der Waals surface area contributed by atoms with Gasteiger partial charge in [-0.2, -0.15) is 0 Å². The van der Waals surface area contributed by atoms with Crippen LogP contribution in [0, 0.1) is 0 Å². The molecule has 0 saturated heterocycles. The van der Waals surface area contributed by atoms with Crippen molar-refractivity contribution >= 4 is 39.3 Å². The fraction of sp³-hybridized carbons (Fsp3) is 0.214. The molecule has 0 heterocycles. The Balaban J connectivity index is 2.94. The number of benzene rings is 1. The van der Waals surface area contributed by atoms with Crippen LogP contribution in [-0.2, 0) is 9.59 Å². The van der Waals surface area contributed by atoms with Gasteiger partial charge in [-0.05, 0) is 16.6 Å². The van der Waals surface area contributed by atoms with Crippen molar-refractivity contribution in [1.82, 2.24) is 5.32 Å². The smallest absolute Gasteiger partial charge is 0.254 e. The van der Waals surface area contributed by atoms with Gasteiger partial charge in [0.25, 0.3) is 5.91 Å². The highest BCUT2D eigenvalue weighted by molar-refractivity contribution is 9.11. The highest BCUT2D eigenvalue weighted by Crippen LogP contribution is 2.16. The third kappa shape index (κ3) is 5.39. The number of para-hydroxylation sites is 1. The van der Waals surface area contributed by atoms with Gasteiger partial charge in [-0.3, -0.25) is 14.4 Å².